The lowest BCUT2D eigenvalue weighted by Gasteiger charge is -2.18. The summed E-state index contributed by atoms with van der Waals surface area (Å²) in [4.78, 5) is 42.6. The fourth-order valence-electron chi connectivity index (χ4n) is 3.46. The minimum atomic E-state index is -0.378. The Kier molecular flexibility index (Phi) is 5.55. The number of fused-ring (bicyclic) bond motifs is 2. The van der Waals surface area contributed by atoms with Crippen molar-refractivity contribution in [1.29, 1.82) is 0 Å². The first-order valence-corrected chi connectivity index (χ1v) is 10.7. The van der Waals surface area contributed by atoms with E-state index >= 15 is 0 Å². The Bertz CT molecular complexity index is 1150. The maximum atomic E-state index is 12.9. The van der Waals surface area contributed by atoms with E-state index in [1.807, 2.05) is 17.7 Å². The number of nitrogens with zero attached hydrogens (tertiary/aromatic N) is 2. The Labute approximate surface area is 178 Å². The zero-order chi connectivity index (χ0) is 21.3. The van der Waals surface area contributed by atoms with Gasteiger partial charge in [-0.15, -0.1) is 0 Å². The number of imidazole rings is 1. The lowest BCUT2D eigenvalue weighted by Crippen LogP contribution is -2.24. The van der Waals surface area contributed by atoms with E-state index in [2.05, 4.69) is 17.2 Å². The van der Waals surface area contributed by atoms with Gasteiger partial charge in [0.25, 0.3) is 0 Å². The largest absolute Gasteiger partial charge is 0.326 e. The van der Waals surface area contributed by atoms with E-state index in [9.17, 15) is 14.4 Å². The van der Waals surface area contributed by atoms with Crippen LogP contribution in [-0.2, 0) is 11.3 Å². The summed E-state index contributed by atoms with van der Waals surface area (Å²) in [6, 6.07) is 11.6. The second-order valence-electron chi connectivity index (χ2n) is 7.12. The van der Waals surface area contributed by atoms with Gasteiger partial charge in [-0.2, -0.15) is 0 Å². The topological polar surface area (TPSA) is 81.1 Å². The standard InChI is InChI=1S/C23H21N3O3S/c1-3-11-26-12-10-24-23(26)30-14(2)22(29)25-15-8-9-18-19(13-15)21(28)17-7-5-4-6-16(17)20(18)27/h4-10,12-14H,3,11H2,1-2H3,(H,25,29). The van der Waals surface area contributed by atoms with Crippen molar-refractivity contribution >= 4 is 34.9 Å². The summed E-state index contributed by atoms with van der Waals surface area (Å²) in [7, 11) is 0. The van der Waals surface area contributed by atoms with Crippen LogP contribution in [-0.4, -0.2) is 32.3 Å². The Hall–Kier alpha value is -3.19. The minimum absolute atomic E-state index is 0.176. The van der Waals surface area contributed by atoms with Crippen LogP contribution < -0.4 is 5.32 Å². The van der Waals surface area contributed by atoms with Crippen LogP contribution in [0.1, 0.15) is 52.1 Å². The Morgan fingerprint density at radius 3 is 2.43 bits per heavy atom. The number of hydrogen-bond acceptors (Lipinski definition) is 5. The van der Waals surface area contributed by atoms with Gasteiger partial charge in [-0.1, -0.05) is 43.0 Å². The number of aromatic nitrogens is 2. The Balaban J connectivity index is 1.52. The third kappa shape index (κ3) is 3.68. The number of amides is 1. The van der Waals surface area contributed by atoms with Gasteiger partial charge in [0.15, 0.2) is 16.7 Å². The number of nitrogens with one attached hydrogen (secondary N) is 1. The molecule has 3 aromatic rings. The molecular weight excluding hydrogens is 398 g/mol. The molecule has 152 valence electrons. The summed E-state index contributed by atoms with van der Waals surface area (Å²) in [6.45, 7) is 4.75. The average Bonchev–Trinajstić information content (AvgIpc) is 3.19. The third-order valence-corrected chi connectivity index (χ3v) is 6.10. The maximum Gasteiger partial charge on any atom is 0.237 e. The van der Waals surface area contributed by atoms with Crippen molar-refractivity contribution in [3.8, 4) is 0 Å². The number of rotatable bonds is 6. The van der Waals surface area contributed by atoms with Gasteiger partial charge in [-0.25, -0.2) is 4.98 Å². The smallest absolute Gasteiger partial charge is 0.237 e. The summed E-state index contributed by atoms with van der Waals surface area (Å²) in [5.74, 6) is -0.578. The number of hydrogen-bond donors (Lipinski definition) is 1. The second kappa shape index (κ2) is 8.28. The number of ketones is 2. The molecule has 0 bridgehead atoms. The van der Waals surface area contributed by atoms with Crippen LogP contribution in [0.15, 0.2) is 60.0 Å². The Morgan fingerprint density at radius 2 is 1.73 bits per heavy atom. The zero-order valence-corrected chi connectivity index (χ0v) is 17.5. The van der Waals surface area contributed by atoms with Gasteiger partial charge < -0.3 is 9.88 Å². The van der Waals surface area contributed by atoms with Crippen LogP contribution in [0, 0.1) is 0 Å². The van der Waals surface area contributed by atoms with Crippen molar-refractivity contribution in [2.24, 2.45) is 0 Å². The van der Waals surface area contributed by atoms with Crippen LogP contribution in [0.4, 0.5) is 5.69 Å². The minimum Gasteiger partial charge on any atom is -0.326 e. The second-order valence-corrected chi connectivity index (χ2v) is 8.42. The molecule has 1 atom stereocenters. The van der Waals surface area contributed by atoms with Gasteiger partial charge in [0.05, 0.1) is 5.25 Å². The highest BCUT2D eigenvalue weighted by Gasteiger charge is 2.29. The molecule has 2 aromatic carbocycles. The highest BCUT2D eigenvalue weighted by atomic mass is 32.2. The normalized spacial score (nSPS) is 13.5. The molecule has 6 nitrogen and oxygen atoms in total. The summed E-state index contributed by atoms with van der Waals surface area (Å²) in [6.07, 6.45) is 4.61. The summed E-state index contributed by atoms with van der Waals surface area (Å²) >= 11 is 1.38. The Morgan fingerprint density at radius 1 is 1.07 bits per heavy atom. The van der Waals surface area contributed by atoms with Crippen molar-refractivity contribution < 1.29 is 14.4 Å². The van der Waals surface area contributed by atoms with Gasteiger partial charge in [0.1, 0.15) is 0 Å². The van der Waals surface area contributed by atoms with E-state index in [1.165, 1.54) is 11.8 Å². The fraction of sp³-hybridized carbons (Fsp3) is 0.217. The van der Waals surface area contributed by atoms with Crippen molar-refractivity contribution in [3.05, 3.63) is 77.1 Å². The molecule has 1 aromatic heterocycles. The molecule has 1 aliphatic rings. The van der Waals surface area contributed by atoms with Crippen molar-refractivity contribution in [3.63, 3.8) is 0 Å². The monoisotopic (exact) mass is 419 g/mol. The van der Waals surface area contributed by atoms with Crippen LogP contribution >= 0.6 is 11.8 Å². The predicted molar refractivity (Wildman–Crippen MR) is 116 cm³/mol. The number of thioether (sulfide) groups is 1. The molecule has 0 radical (unpaired) electrons. The van der Waals surface area contributed by atoms with Crippen molar-refractivity contribution in [2.45, 2.75) is 37.2 Å². The lowest BCUT2D eigenvalue weighted by molar-refractivity contribution is -0.115. The highest BCUT2D eigenvalue weighted by molar-refractivity contribution is 8.00. The molecule has 1 heterocycles. The molecule has 0 saturated heterocycles. The number of benzene rings is 2. The molecule has 7 heteroatoms. The van der Waals surface area contributed by atoms with E-state index in [1.54, 1.807) is 48.7 Å². The van der Waals surface area contributed by atoms with Gasteiger partial charge in [0.2, 0.25) is 5.91 Å². The van der Waals surface area contributed by atoms with E-state index in [0.29, 0.717) is 27.9 Å². The van der Waals surface area contributed by atoms with E-state index in [0.717, 1.165) is 18.1 Å². The zero-order valence-electron chi connectivity index (χ0n) is 16.7. The number of anilines is 1. The molecule has 4 rings (SSSR count). The van der Waals surface area contributed by atoms with Gasteiger partial charge >= 0.3 is 0 Å². The number of aryl methyl sites for hydroxylation is 1. The molecule has 1 amide bonds. The van der Waals surface area contributed by atoms with Gasteiger partial charge in [0, 0.05) is 46.9 Å². The first-order valence-electron chi connectivity index (χ1n) is 9.80. The summed E-state index contributed by atoms with van der Waals surface area (Å²) in [5, 5.41) is 3.27. The van der Waals surface area contributed by atoms with Crippen molar-refractivity contribution in [1.82, 2.24) is 9.55 Å². The van der Waals surface area contributed by atoms with Crippen LogP contribution in [0.2, 0.25) is 0 Å². The SMILES string of the molecule is CCCn1ccnc1SC(C)C(=O)Nc1ccc2c(c1)C(=O)c1ccccc1C2=O. The first kappa shape index (κ1) is 20.1. The highest BCUT2D eigenvalue weighted by Crippen LogP contribution is 2.29. The maximum absolute atomic E-state index is 12.9. The molecular formula is C23H21N3O3S. The molecule has 1 unspecified atom stereocenters. The van der Waals surface area contributed by atoms with E-state index in [-0.39, 0.29) is 22.7 Å². The van der Waals surface area contributed by atoms with Crippen molar-refractivity contribution in [2.75, 3.05) is 5.32 Å². The molecule has 30 heavy (non-hydrogen) atoms. The summed E-state index contributed by atoms with van der Waals surface area (Å²) < 4.78 is 2.02. The summed E-state index contributed by atoms with van der Waals surface area (Å²) in [5.41, 5.74) is 1.98. The molecule has 1 N–H and O–H groups in total. The van der Waals surface area contributed by atoms with Gasteiger partial charge in [-0.3, -0.25) is 14.4 Å². The van der Waals surface area contributed by atoms with E-state index in [4.69, 9.17) is 0 Å². The molecule has 0 saturated carbocycles. The molecule has 1 aliphatic carbocycles. The van der Waals surface area contributed by atoms with E-state index < -0.39 is 0 Å². The molecule has 0 fully saturated rings. The molecule has 0 spiro atoms. The fourth-order valence-corrected chi connectivity index (χ4v) is 4.35. The number of carbonyl (C=O) groups excluding carboxylic acids is 3. The van der Waals surface area contributed by atoms with Crippen LogP contribution in [0.3, 0.4) is 0 Å². The van der Waals surface area contributed by atoms with Crippen LogP contribution in [0.25, 0.3) is 0 Å². The quantitative estimate of drug-likeness (QED) is 0.474. The number of carbonyl (C=O) groups is 3. The first-order chi connectivity index (χ1) is 14.5. The lowest BCUT2D eigenvalue weighted by atomic mass is 9.84. The third-order valence-electron chi connectivity index (χ3n) is 4.99. The predicted octanol–water partition coefficient (Wildman–Crippen LogP) is 4.19. The molecule has 0 aliphatic heterocycles. The average molecular weight is 420 g/mol. The van der Waals surface area contributed by atoms with Gasteiger partial charge in [-0.05, 0) is 31.5 Å². The van der Waals surface area contributed by atoms with Crippen LogP contribution in [0.5, 0.6) is 0 Å².